The van der Waals surface area contributed by atoms with E-state index in [9.17, 15) is 22.4 Å². The molecular weight excluding hydrogens is 413 g/mol. The minimum absolute atomic E-state index is 0.0150. The average Bonchev–Trinajstić information content (AvgIpc) is 2.73. The van der Waals surface area contributed by atoms with Crippen LogP contribution in [0.25, 0.3) is 0 Å². The van der Waals surface area contributed by atoms with E-state index in [0.717, 1.165) is 16.4 Å². The third kappa shape index (κ3) is 5.55. The minimum Gasteiger partial charge on any atom is -0.484 e. The molecule has 0 saturated heterocycles. The van der Waals surface area contributed by atoms with Crippen molar-refractivity contribution in [3.63, 3.8) is 0 Å². The van der Waals surface area contributed by atoms with E-state index in [1.807, 2.05) is 0 Å². The van der Waals surface area contributed by atoms with Gasteiger partial charge in [-0.2, -0.15) is 4.31 Å². The minimum atomic E-state index is -4.07. The van der Waals surface area contributed by atoms with E-state index < -0.39 is 26.6 Å². The van der Waals surface area contributed by atoms with Crippen molar-refractivity contribution in [2.45, 2.75) is 18.7 Å². The first-order valence-corrected chi connectivity index (χ1v) is 10.7. The number of nitrogens with zero attached hydrogens (tertiary/aromatic N) is 1. The summed E-state index contributed by atoms with van der Waals surface area (Å²) in [4.78, 5) is 23.3. The molecule has 0 unspecified atom stereocenters. The Hall–Kier alpha value is -2.98. The quantitative estimate of drug-likeness (QED) is 0.626. The summed E-state index contributed by atoms with van der Waals surface area (Å²) in [6, 6.07) is 9.52. The smallest absolute Gasteiger partial charge is 0.257 e. The van der Waals surface area contributed by atoms with Crippen LogP contribution in [0, 0.1) is 5.82 Å². The number of anilines is 1. The number of halogens is 1. The summed E-state index contributed by atoms with van der Waals surface area (Å²) in [5.41, 5.74) is 0.352. The lowest BCUT2D eigenvalue weighted by atomic mass is 10.2. The van der Waals surface area contributed by atoms with E-state index in [4.69, 9.17) is 4.74 Å². The number of benzene rings is 2. The largest absolute Gasteiger partial charge is 0.484 e. The van der Waals surface area contributed by atoms with E-state index in [0.29, 0.717) is 11.4 Å². The van der Waals surface area contributed by atoms with Crippen LogP contribution in [0.3, 0.4) is 0 Å². The van der Waals surface area contributed by atoms with Gasteiger partial charge < -0.3 is 15.4 Å². The van der Waals surface area contributed by atoms with Crippen LogP contribution in [0.5, 0.6) is 5.75 Å². The molecule has 10 heteroatoms. The van der Waals surface area contributed by atoms with Crippen LogP contribution >= 0.6 is 0 Å². The van der Waals surface area contributed by atoms with Crippen LogP contribution in [-0.4, -0.2) is 51.3 Å². The van der Waals surface area contributed by atoms with Gasteiger partial charge in [-0.3, -0.25) is 9.59 Å². The molecule has 2 rings (SSSR count). The van der Waals surface area contributed by atoms with Gasteiger partial charge in [0.05, 0.1) is 0 Å². The Balaban J connectivity index is 2.23. The highest BCUT2D eigenvalue weighted by molar-refractivity contribution is 7.89. The van der Waals surface area contributed by atoms with Gasteiger partial charge in [0.25, 0.3) is 11.8 Å². The number of likely N-dealkylation sites (N-methyl/N-ethyl adjacent to an activating group) is 1. The fourth-order valence-electron chi connectivity index (χ4n) is 2.63. The molecule has 8 nitrogen and oxygen atoms in total. The predicted octanol–water partition coefficient (Wildman–Crippen LogP) is 2.23. The zero-order chi connectivity index (χ0) is 22.3. The molecule has 2 aromatic rings. The second-order valence-electron chi connectivity index (χ2n) is 6.18. The van der Waals surface area contributed by atoms with Gasteiger partial charge in [0.15, 0.2) is 6.61 Å². The Bertz CT molecular complexity index is 1020. The first kappa shape index (κ1) is 23.3. The third-order valence-corrected chi connectivity index (χ3v) is 6.32. The first-order valence-electron chi connectivity index (χ1n) is 9.27. The van der Waals surface area contributed by atoms with E-state index in [-0.39, 0.29) is 31.2 Å². The van der Waals surface area contributed by atoms with E-state index in [1.54, 1.807) is 32.0 Å². The molecule has 0 saturated carbocycles. The Labute approximate surface area is 175 Å². The highest BCUT2D eigenvalue weighted by Crippen LogP contribution is 2.22. The number of hydrogen-bond donors (Lipinski definition) is 2. The lowest BCUT2D eigenvalue weighted by Crippen LogP contribution is -2.31. The molecule has 0 spiro atoms. The van der Waals surface area contributed by atoms with Crippen molar-refractivity contribution in [3.05, 3.63) is 53.8 Å². The average molecular weight is 437 g/mol. The van der Waals surface area contributed by atoms with Crippen molar-refractivity contribution in [3.8, 4) is 5.75 Å². The molecule has 162 valence electrons. The first-order chi connectivity index (χ1) is 14.2. The molecule has 2 amide bonds. The number of sulfonamides is 1. The Morgan fingerprint density at radius 1 is 1.10 bits per heavy atom. The number of ether oxygens (including phenoxy) is 1. The van der Waals surface area contributed by atoms with Crippen molar-refractivity contribution in [1.82, 2.24) is 9.62 Å². The van der Waals surface area contributed by atoms with Crippen LogP contribution in [-0.2, 0) is 14.8 Å². The lowest BCUT2D eigenvalue weighted by Gasteiger charge is -2.19. The maximum absolute atomic E-state index is 14.2. The fourth-order valence-corrected chi connectivity index (χ4v) is 4.18. The van der Waals surface area contributed by atoms with Crippen LogP contribution in [0.15, 0.2) is 47.4 Å². The highest BCUT2D eigenvalue weighted by atomic mass is 32.2. The van der Waals surface area contributed by atoms with Crippen LogP contribution in [0.1, 0.15) is 24.2 Å². The number of amides is 2. The number of rotatable bonds is 9. The van der Waals surface area contributed by atoms with Crippen molar-refractivity contribution < 1.29 is 27.1 Å². The summed E-state index contributed by atoms with van der Waals surface area (Å²) in [6.07, 6.45) is 0. The molecule has 30 heavy (non-hydrogen) atoms. The van der Waals surface area contributed by atoms with E-state index in [2.05, 4.69) is 10.6 Å². The molecule has 2 N–H and O–H groups in total. The molecule has 0 heterocycles. The molecule has 0 radical (unpaired) electrons. The maximum atomic E-state index is 14.2. The summed E-state index contributed by atoms with van der Waals surface area (Å²) in [5, 5.41) is 5.03. The van der Waals surface area contributed by atoms with Crippen molar-refractivity contribution in [2.24, 2.45) is 0 Å². The summed E-state index contributed by atoms with van der Waals surface area (Å²) in [7, 11) is -2.58. The fraction of sp³-hybridized carbons (Fsp3) is 0.300. The molecule has 0 bridgehead atoms. The van der Waals surface area contributed by atoms with Gasteiger partial charge in [-0.15, -0.1) is 0 Å². The van der Waals surface area contributed by atoms with Crippen LogP contribution in [0.2, 0.25) is 0 Å². The molecule has 0 aromatic heterocycles. The van der Waals surface area contributed by atoms with Gasteiger partial charge in [-0.25, -0.2) is 12.8 Å². The number of carbonyl (C=O) groups is 2. The van der Waals surface area contributed by atoms with Gasteiger partial charge in [-0.1, -0.05) is 19.9 Å². The standard InChI is InChI=1S/C20H24FN3O5S/c1-4-24(5-2)30(27,28)18-11-14(9-10-17(18)21)20(26)23-15-7-6-8-16(12-15)29-13-19(25)22-3/h6-12H,4-5,13H2,1-3H3,(H,22,25)(H,23,26). The topological polar surface area (TPSA) is 105 Å². The summed E-state index contributed by atoms with van der Waals surface area (Å²) in [5.74, 6) is -1.49. The van der Waals surface area contributed by atoms with Gasteiger partial charge >= 0.3 is 0 Å². The molecule has 2 aromatic carbocycles. The Kier molecular flexibility index (Phi) is 7.90. The van der Waals surface area contributed by atoms with Crippen molar-refractivity contribution in [2.75, 3.05) is 32.1 Å². The maximum Gasteiger partial charge on any atom is 0.257 e. The van der Waals surface area contributed by atoms with E-state index in [1.165, 1.54) is 19.2 Å². The normalized spacial score (nSPS) is 11.2. The van der Waals surface area contributed by atoms with Crippen molar-refractivity contribution >= 4 is 27.5 Å². The number of nitrogens with one attached hydrogen (secondary N) is 2. The van der Waals surface area contributed by atoms with Gasteiger partial charge in [0, 0.05) is 37.5 Å². The molecule has 0 aliphatic rings. The Morgan fingerprint density at radius 2 is 1.80 bits per heavy atom. The number of hydrogen-bond acceptors (Lipinski definition) is 5. The number of carbonyl (C=O) groups excluding carboxylic acids is 2. The molecule has 0 atom stereocenters. The highest BCUT2D eigenvalue weighted by Gasteiger charge is 2.26. The van der Waals surface area contributed by atoms with Gasteiger partial charge in [0.1, 0.15) is 16.5 Å². The second kappa shape index (κ2) is 10.2. The lowest BCUT2D eigenvalue weighted by molar-refractivity contribution is -0.122. The zero-order valence-corrected chi connectivity index (χ0v) is 17.8. The Morgan fingerprint density at radius 3 is 2.43 bits per heavy atom. The molecular formula is C20H24FN3O5S. The monoisotopic (exact) mass is 437 g/mol. The van der Waals surface area contributed by atoms with Crippen LogP contribution < -0.4 is 15.4 Å². The van der Waals surface area contributed by atoms with Gasteiger partial charge in [-0.05, 0) is 30.3 Å². The van der Waals surface area contributed by atoms with E-state index >= 15 is 0 Å². The summed E-state index contributed by atoms with van der Waals surface area (Å²) < 4.78 is 46.0. The summed E-state index contributed by atoms with van der Waals surface area (Å²) >= 11 is 0. The van der Waals surface area contributed by atoms with Crippen molar-refractivity contribution in [1.29, 1.82) is 0 Å². The molecule has 0 aliphatic carbocycles. The van der Waals surface area contributed by atoms with Crippen LogP contribution in [0.4, 0.5) is 10.1 Å². The van der Waals surface area contributed by atoms with Gasteiger partial charge in [0.2, 0.25) is 10.0 Å². The zero-order valence-electron chi connectivity index (χ0n) is 16.9. The molecule has 0 aliphatic heterocycles. The second-order valence-corrected chi connectivity index (χ2v) is 8.08. The molecule has 0 fully saturated rings. The summed E-state index contributed by atoms with van der Waals surface area (Å²) in [6.45, 7) is 3.47. The SMILES string of the molecule is CCN(CC)S(=O)(=O)c1cc(C(=O)Nc2cccc(OCC(=O)NC)c2)ccc1F. The third-order valence-electron chi connectivity index (χ3n) is 4.26. The predicted molar refractivity (Wildman–Crippen MR) is 110 cm³/mol.